The lowest BCUT2D eigenvalue weighted by Crippen LogP contribution is -2.51. The average Bonchev–Trinajstić information content (AvgIpc) is 3.50. The third-order valence-corrected chi connectivity index (χ3v) is 7.09. The fourth-order valence-electron chi connectivity index (χ4n) is 4.61. The van der Waals surface area contributed by atoms with Gasteiger partial charge in [0, 0.05) is 29.1 Å². The highest BCUT2D eigenvalue weighted by atomic mass is 35.5. The summed E-state index contributed by atoms with van der Waals surface area (Å²) >= 11 is 12.5. The molecule has 6 nitrogen and oxygen atoms in total. The van der Waals surface area contributed by atoms with E-state index in [1.807, 2.05) is 31.2 Å². The van der Waals surface area contributed by atoms with E-state index in [1.54, 1.807) is 17.0 Å². The van der Waals surface area contributed by atoms with Crippen molar-refractivity contribution in [1.29, 1.82) is 0 Å². The summed E-state index contributed by atoms with van der Waals surface area (Å²) in [6.07, 6.45) is 5.53. The minimum absolute atomic E-state index is 0.0999. The van der Waals surface area contributed by atoms with E-state index < -0.39 is 6.04 Å². The number of aryl methyl sites for hydroxylation is 1. The standard InChI is InChI=1S/C26H30Cl2N2O4/c1-2-22(26(32)29-20-5-3-4-6-20)30(15-18-9-10-19(27)14-21(18)28)25(31)12-8-17-7-11-23-24(13-17)34-16-33-23/h7,9-11,13-14,20,22H,2-6,8,12,15-16H2,1H3,(H,29,32)/t22-/m0/s1. The molecule has 1 aliphatic heterocycles. The number of hydrogen-bond acceptors (Lipinski definition) is 4. The molecule has 1 heterocycles. The fraction of sp³-hybridized carbons (Fsp3) is 0.462. The van der Waals surface area contributed by atoms with Gasteiger partial charge in [0.1, 0.15) is 6.04 Å². The molecule has 2 aromatic carbocycles. The zero-order chi connectivity index (χ0) is 24.1. The van der Waals surface area contributed by atoms with Crippen LogP contribution >= 0.6 is 23.2 Å². The Bertz CT molecular complexity index is 1040. The molecule has 0 saturated heterocycles. The maximum absolute atomic E-state index is 13.5. The molecule has 1 aliphatic carbocycles. The van der Waals surface area contributed by atoms with Crippen molar-refractivity contribution in [2.75, 3.05) is 6.79 Å². The van der Waals surface area contributed by atoms with Gasteiger partial charge < -0.3 is 19.7 Å². The number of benzene rings is 2. The van der Waals surface area contributed by atoms with Crippen LogP contribution in [-0.4, -0.2) is 35.6 Å². The predicted octanol–water partition coefficient (Wildman–Crippen LogP) is 5.52. The van der Waals surface area contributed by atoms with Gasteiger partial charge in [-0.1, -0.05) is 55.1 Å². The summed E-state index contributed by atoms with van der Waals surface area (Å²) in [7, 11) is 0. The first-order valence-electron chi connectivity index (χ1n) is 11.9. The predicted molar refractivity (Wildman–Crippen MR) is 132 cm³/mol. The number of rotatable bonds is 9. The van der Waals surface area contributed by atoms with Gasteiger partial charge in [-0.3, -0.25) is 9.59 Å². The number of carbonyl (C=O) groups is 2. The molecular weight excluding hydrogens is 475 g/mol. The molecule has 34 heavy (non-hydrogen) atoms. The van der Waals surface area contributed by atoms with Crippen molar-refractivity contribution in [3.8, 4) is 11.5 Å². The minimum atomic E-state index is -0.573. The quantitative estimate of drug-likeness (QED) is 0.487. The van der Waals surface area contributed by atoms with Crippen molar-refractivity contribution in [3.63, 3.8) is 0 Å². The van der Waals surface area contributed by atoms with Gasteiger partial charge in [0.2, 0.25) is 18.6 Å². The maximum Gasteiger partial charge on any atom is 0.243 e. The molecule has 1 fully saturated rings. The SMILES string of the molecule is CC[C@@H](C(=O)NC1CCCC1)N(Cc1ccc(Cl)cc1Cl)C(=O)CCc1ccc2c(c1)OCO2. The van der Waals surface area contributed by atoms with E-state index in [9.17, 15) is 9.59 Å². The third kappa shape index (κ3) is 5.97. The molecule has 2 aliphatic rings. The van der Waals surface area contributed by atoms with Crippen LogP contribution in [0.5, 0.6) is 11.5 Å². The highest BCUT2D eigenvalue weighted by molar-refractivity contribution is 6.35. The Kier molecular flexibility index (Phi) is 8.22. The second-order valence-corrected chi connectivity index (χ2v) is 9.70. The number of nitrogens with zero attached hydrogens (tertiary/aromatic N) is 1. The van der Waals surface area contributed by atoms with Crippen molar-refractivity contribution in [3.05, 3.63) is 57.6 Å². The van der Waals surface area contributed by atoms with Crippen LogP contribution in [0.4, 0.5) is 0 Å². The Morgan fingerprint density at radius 3 is 2.59 bits per heavy atom. The Balaban J connectivity index is 1.51. The molecule has 1 N–H and O–H groups in total. The first kappa shape index (κ1) is 24.7. The summed E-state index contributed by atoms with van der Waals surface area (Å²) in [4.78, 5) is 28.4. The topological polar surface area (TPSA) is 67.9 Å². The first-order chi connectivity index (χ1) is 16.4. The molecule has 0 unspecified atom stereocenters. The van der Waals surface area contributed by atoms with Crippen molar-refractivity contribution in [2.45, 2.75) is 70.5 Å². The van der Waals surface area contributed by atoms with E-state index in [0.717, 1.165) is 36.8 Å². The third-order valence-electron chi connectivity index (χ3n) is 6.51. The van der Waals surface area contributed by atoms with E-state index >= 15 is 0 Å². The molecule has 0 radical (unpaired) electrons. The fourth-order valence-corrected chi connectivity index (χ4v) is 5.08. The monoisotopic (exact) mass is 504 g/mol. The Morgan fingerprint density at radius 1 is 1.09 bits per heavy atom. The van der Waals surface area contributed by atoms with Crippen molar-refractivity contribution < 1.29 is 19.1 Å². The number of ether oxygens (including phenoxy) is 2. The number of nitrogens with one attached hydrogen (secondary N) is 1. The lowest BCUT2D eigenvalue weighted by atomic mass is 10.1. The minimum Gasteiger partial charge on any atom is -0.454 e. The molecule has 2 aromatic rings. The molecular formula is C26H30Cl2N2O4. The summed E-state index contributed by atoms with van der Waals surface area (Å²) in [6.45, 7) is 2.38. The molecule has 0 spiro atoms. The molecule has 1 saturated carbocycles. The van der Waals surface area contributed by atoms with Gasteiger partial charge in [0.15, 0.2) is 11.5 Å². The molecule has 8 heteroatoms. The second kappa shape index (κ2) is 11.3. The van der Waals surface area contributed by atoms with Crippen LogP contribution in [0, 0.1) is 0 Å². The average molecular weight is 505 g/mol. The van der Waals surface area contributed by atoms with Gasteiger partial charge in [-0.25, -0.2) is 0 Å². The Morgan fingerprint density at radius 2 is 1.85 bits per heavy atom. The summed E-state index contributed by atoms with van der Waals surface area (Å²) < 4.78 is 10.8. The van der Waals surface area contributed by atoms with E-state index in [4.69, 9.17) is 32.7 Å². The summed E-state index contributed by atoms with van der Waals surface area (Å²) in [5.74, 6) is 1.20. The van der Waals surface area contributed by atoms with Gasteiger partial charge in [0.05, 0.1) is 0 Å². The highest BCUT2D eigenvalue weighted by Gasteiger charge is 2.31. The van der Waals surface area contributed by atoms with Gasteiger partial charge >= 0.3 is 0 Å². The molecule has 4 rings (SSSR count). The summed E-state index contributed by atoms with van der Waals surface area (Å²) in [5, 5.41) is 4.17. The zero-order valence-corrected chi connectivity index (χ0v) is 20.8. The Labute approximate surface area is 210 Å². The lowest BCUT2D eigenvalue weighted by Gasteiger charge is -2.32. The van der Waals surface area contributed by atoms with Crippen molar-refractivity contribution in [2.24, 2.45) is 0 Å². The van der Waals surface area contributed by atoms with Gasteiger partial charge in [-0.15, -0.1) is 0 Å². The number of amides is 2. The van der Waals surface area contributed by atoms with Crippen LogP contribution in [0.25, 0.3) is 0 Å². The van der Waals surface area contributed by atoms with Crippen LogP contribution in [0.1, 0.15) is 56.6 Å². The molecule has 0 aromatic heterocycles. The smallest absolute Gasteiger partial charge is 0.243 e. The molecule has 182 valence electrons. The summed E-state index contributed by atoms with van der Waals surface area (Å²) in [6, 6.07) is 10.5. The maximum atomic E-state index is 13.5. The van der Waals surface area contributed by atoms with E-state index in [0.29, 0.717) is 34.4 Å². The number of carbonyl (C=O) groups excluding carboxylic acids is 2. The summed E-state index contributed by atoms with van der Waals surface area (Å²) in [5.41, 5.74) is 1.74. The normalized spacial score (nSPS) is 15.9. The van der Waals surface area contributed by atoms with E-state index in [1.165, 1.54) is 0 Å². The van der Waals surface area contributed by atoms with Gasteiger partial charge in [0.25, 0.3) is 0 Å². The highest BCUT2D eigenvalue weighted by Crippen LogP contribution is 2.33. The Hall–Kier alpha value is -2.44. The first-order valence-corrected chi connectivity index (χ1v) is 12.6. The van der Waals surface area contributed by atoms with Crippen LogP contribution in [0.15, 0.2) is 36.4 Å². The second-order valence-electron chi connectivity index (χ2n) is 8.86. The van der Waals surface area contributed by atoms with Crippen LogP contribution < -0.4 is 14.8 Å². The van der Waals surface area contributed by atoms with E-state index in [2.05, 4.69) is 5.32 Å². The molecule has 1 atom stereocenters. The number of hydrogen-bond donors (Lipinski definition) is 1. The number of halogens is 2. The van der Waals surface area contributed by atoms with Crippen LogP contribution in [-0.2, 0) is 22.6 Å². The largest absolute Gasteiger partial charge is 0.454 e. The van der Waals surface area contributed by atoms with E-state index in [-0.39, 0.29) is 37.6 Å². The van der Waals surface area contributed by atoms with Crippen LogP contribution in [0.3, 0.4) is 0 Å². The lowest BCUT2D eigenvalue weighted by molar-refractivity contribution is -0.141. The van der Waals surface area contributed by atoms with Gasteiger partial charge in [-0.2, -0.15) is 0 Å². The van der Waals surface area contributed by atoms with Gasteiger partial charge in [-0.05, 0) is 61.1 Å². The zero-order valence-electron chi connectivity index (χ0n) is 19.3. The molecule has 2 amide bonds. The number of fused-ring (bicyclic) bond motifs is 1. The van der Waals surface area contributed by atoms with Crippen molar-refractivity contribution in [1.82, 2.24) is 10.2 Å². The van der Waals surface area contributed by atoms with Crippen LogP contribution in [0.2, 0.25) is 10.0 Å². The van der Waals surface area contributed by atoms with Crippen molar-refractivity contribution >= 4 is 35.0 Å². The molecule has 0 bridgehead atoms.